The van der Waals surface area contributed by atoms with E-state index in [-0.39, 0.29) is 23.0 Å². The lowest BCUT2D eigenvalue weighted by atomic mass is 10.2. The summed E-state index contributed by atoms with van der Waals surface area (Å²) in [4.78, 5) is 10.7. The summed E-state index contributed by atoms with van der Waals surface area (Å²) in [6, 6.07) is 10.4. The first kappa shape index (κ1) is 13.4. The van der Waals surface area contributed by atoms with E-state index in [1.165, 1.54) is 24.3 Å². The number of carbonyl (C=O) groups is 1. The van der Waals surface area contributed by atoms with Crippen LogP contribution in [0, 0.1) is 5.82 Å². The zero-order chi connectivity index (χ0) is 13.8. The van der Waals surface area contributed by atoms with Crippen molar-refractivity contribution in [2.24, 2.45) is 0 Å². The molecular formula is C14H10ClFO3. The molecule has 0 unspecified atom stereocenters. The molecule has 0 bridgehead atoms. The summed E-state index contributed by atoms with van der Waals surface area (Å²) in [7, 11) is 0. The van der Waals surface area contributed by atoms with Gasteiger partial charge in [0.25, 0.3) is 0 Å². The first-order chi connectivity index (χ1) is 9.08. The third kappa shape index (κ3) is 3.23. The Hall–Kier alpha value is -2.07. The summed E-state index contributed by atoms with van der Waals surface area (Å²) in [5.41, 5.74) is 0.476. The number of hydrogen-bond donors (Lipinski definition) is 1. The molecule has 0 spiro atoms. The van der Waals surface area contributed by atoms with Gasteiger partial charge in [-0.3, -0.25) is 0 Å². The SMILES string of the molecule is O=C(O)c1ccc(OCc2ccccc2F)c(Cl)c1. The van der Waals surface area contributed by atoms with E-state index in [2.05, 4.69) is 0 Å². The Morgan fingerprint density at radius 2 is 2.00 bits per heavy atom. The van der Waals surface area contributed by atoms with Gasteiger partial charge in [-0.2, -0.15) is 0 Å². The van der Waals surface area contributed by atoms with Crippen molar-refractivity contribution in [2.75, 3.05) is 0 Å². The lowest BCUT2D eigenvalue weighted by Crippen LogP contribution is -2.00. The summed E-state index contributed by atoms with van der Waals surface area (Å²) >= 11 is 5.90. The standard InChI is InChI=1S/C14H10ClFO3/c15-11-7-9(14(17)18)5-6-13(11)19-8-10-3-1-2-4-12(10)16/h1-7H,8H2,(H,17,18). The number of hydrogen-bond acceptors (Lipinski definition) is 2. The van der Waals surface area contributed by atoms with E-state index in [9.17, 15) is 9.18 Å². The predicted octanol–water partition coefficient (Wildman–Crippen LogP) is 3.76. The molecule has 0 aliphatic heterocycles. The number of carboxylic acids is 1. The van der Waals surface area contributed by atoms with Crippen molar-refractivity contribution in [3.63, 3.8) is 0 Å². The lowest BCUT2D eigenvalue weighted by molar-refractivity contribution is 0.0697. The number of ether oxygens (including phenoxy) is 1. The van der Waals surface area contributed by atoms with Crippen molar-refractivity contribution < 1.29 is 19.0 Å². The minimum atomic E-state index is -1.07. The molecule has 98 valence electrons. The molecule has 2 aromatic rings. The maximum Gasteiger partial charge on any atom is 0.335 e. The van der Waals surface area contributed by atoms with Crippen LogP contribution in [0.5, 0.6) is 5.75 Å². The van der Waals surface area contributed by atoms with E-state index in [0.29, 0.717) is 11.3 Å². The molecular weight excluding hydrogens is 271 g/mol. The number of benzene rings is 2. The van der Waals surface area contributed by atoms with Crippen LogP contribution in [0.4, 0.5) is 4.39 Å². The van der Waals surface area contributed by atoms with Crippen LogP contribution in [-0.4, -0.2) is 11.1 Å². The Labute approximate surface area is 114 Å². The fraction of sp³-hybridized carbons (Fsp3) is 0.0714. The smallest absolute Gasteiger partial charge is 0.335 e. The van der Waals surface area contributed by atoms with Crippen molar-refractivity contribution in [3.05, 3.63) is 64.4 Å². The molecule has 2 aromatic carbocycles. The van der Waals surface area contributed by atoms with Gasteiger partial charge in [-0.15, -0.1) is 0 Å². The summed E-state index contributed by atoms with van der Waals surface area (Å²) in [5.74, 6) is -1.11. The third-order valence-electron chi connectivity index (χ3n) is 2.52. The Morgan fingerprint density at radius 3 is 2.63 bits per heavy atom. The molecule has 0 amide bonds. The van der Waals surface area contributed by atoms with Crippen LogP contribution in [0.1, 0.15) is 15.9 Å². The largest absolute Gasteiger partial charge is 0.487 e. The fourth-order valence-corrected chi connectivity index (χ4v) is 1.76. The second-order valence-corrected chi connectivity index (χ2v) is 4.24. The Morgan fingerprint density at radius 1 is 1.26 bits per heavy atom. The van der Waals surface area contributed by atoms with Gasteiger partial charge in [0.1, 0.15) is 18.2 Å². The quantitative estimate of drug-likeness (QED) is 0.927. The Bertz CT molecular complexity index is 613. The van der Waals surface area contributed by atoms with Crippen LogP contribution in [0.3, 0.4) is 0 Å². The summed E-state index contributed by atoms with van der Waals surface area (Å²) < 4.78 is 18.7. The van der Waals surface area contributed by atoms with Gasteiger partial charge in [0, 0.05) is 5.56 Å². The highest BCUT2D eigenvalue weighted by Crippen LogP contribution is 2.26. The topological polar surface area (TPSA) is 46.5 Å². The van der Waals surface area contributed by atoms with Gasteiger partial charge in [0.15, 0.2) is 0 Å². The lowest BCUT2D eigenvalue weighted by Gasteiger charge is -2.09. The van der Waals surface area contributed by atoms with Gasteiger partial charge in [-0.1, -0.05) is 29.8 Å². The van der Waals surface area contributed by atoms with Crippen LogP contribution in [0.25, 0.3) is 0 Å². The highest BCUT2D eigenvalue weighted by Gasteiger charge is 2.09. The molecule has 0 saturated carbocycles. The van der Waals surface area contributed by atoms with Crippen molar-refractivity contribution in [2.45, 2.75) is 6.61 Å². The van der Waals surface area contributed by atoms with Gasteiger partial charge in [0.05, 0.1) is 10.6 Å². The highest BCUT2D eigenvalue weighted by molar-refractivity contribution is 6.32. The average molecular weight is 281 g/mol. The van der Waals surface area contributed by atoms with Gasteiger partial charge in [0.2, 0.25) is 0 Å². The number of halogens is 2. The average Bonchev–Trinajstić information content (AvgIpc) is 2.39. The molecule has 0 aliphatic rings. The molecule has 0 aliphatic carbocycles. The van der Waals surface area contributed by atoms with Crippen LogP contribution in [0.2, 0.25) is 5.02 Å². The molecule has 19 heavy (non-hydrogen) atoms. The summed E-state index contributed by atoms with van der Waals surface area (Å²) in [6.45, 7) is 0.0266. The molecule has 3 nitrogen and oxygen atoms in total. The van der Waals surface area contributed by atoms with Crippen molar-refractivity contribution in [1.29, 1.82) is 0 Å². The van der Waals surface area contributed by atoms with Gasteiger partial charge in [-0.05, 0) is 24.3 Å². The Balaban J connectivity index is 2.12. The zero-order valence-corrected chi connectivity index (χ0v) is 10.5. The monoisotopic (exact) mass is 280 g/mol. The van der Waals surface area contributed by atoms with Gasteiger partial charge in [-0.25, -0.2) is 9.18 Å². The minimum Gasteiger partial charge on any atom is -0.487 e. The molecule has 0 aromatic heterocycles. The van der Waals surface area contributed by atoms with Crippen molar-refractivity contribution in [1.82, 2.24) is 0 Å². The predicted molar refractivity (Wildman–Crippen MR) is 69.1 cm³/mol. The number of aromatic carboxylic acids is 1. The first-order valence-electron chi connectivity index (χ1n) is 5.47. The zero-order valence-electron chi connectivity index (χ0n) is 9.77. The third-order valence-corrected chi connectivity index (χ3v) is 2.82. The van der Waals surface area contributed by atoms with E-state index < -0.39 is 5.97 Å². The Kier molecular flexibility index (Phi) is 4.02. The first-order valence-corrected chi connectivity index (χ1v) is 5.85. The molecule has 1 N–H and O–H groups in total. The fourth-order valence-electron chi connectivity index (χ4n) is 1.52. The van der Waals surface area contributed by atoms with Crippen molar-refractivity contribution in [3.8, 4) is 5.75 Å². The van der Waals surface area contributed by atoms with Crippen LogP contribution in [-0.2, 0) is 6.61 Å². The second-order valence-electron chi connectivity index (χ2n) is 3.83. The molecule has 0 fully saturated rings. The summed E-state index contributed by atoms with van der Waals surface area (Å²) in [5, 5.41) is 8.97. The van der Waals surface area contributed by atoms with E-state index in [0.717, 1.165) is 0 Å². The summed E-state index contributed by atoms with van der Waals surface area (Å²) in [6.07, 6.45) is 0. The number of carboxylic acid groups (broad SMARTS) is 1. The highest BCUT2D eigenvalue weighted by atomic mass is 35.5. The maximum absolute atomic E-state index is 13.4. The van der Waals surface area contributed by atoms with Gasteiger partial charge < -0.3 is 9.84 Å². The molecule has 0 radical (unpaired) electrons. The van der Waals surface area contributed by atoms with Crippen LogP contribution >= 0.6 is 11.6 Å². The van der Waals surface area contributed by atoms with E-state index in [4.69, 9.17) is 21.4 Å². The molecule has 0 heterocycles. The van der Waals surface area contributed by atoms with Crippen LogP contribution < -0.4 is 4.74 Å². The minimum absolute atomic E-state index is 0.0266. The van der Waals surface area contributed by atoms with E-state index >= 15 is 0 Å². The van der Waals surface area contributed by atoms with Crippen LogP contribution in [0.15, 0.2) is 42.5 Å². The molecule has 0 saturated heterocycles. The van der Waals surface area contributed by atoms with Gasteiger partial charge >= 0.3 is 5.97 Å². The van der Waals surface area contributed by atoms with E-state index in [1.807, 2.05) is 0 Å². The molecule has 0 atom stereocenters. The van der Waals surface area contributed by atoms with Crippen molar-refractivity contribution >= 4 is 17.6 Å². The van der Waals surface area contributed by atoms with E-state index in [1.54, 1.807) is 18.2 Å². The molecule has 5 heteroatoms. The second kappa shape index (κ2) is 5.71. The molecule has 2 rings (SSSR count). The normalized spacial score (nSPS) is 10.2. The number of rotatable bonds is 4. The maximum atomic E-state index is 13.4.